The van der Waals surface area contributed by atoms with Gasteiger partial charge >= 0.3 is 0 Å². The van der Waals surface area contributed by atoms with E-state index in [0.717, 1.165) is 42.4 Å². The predicted octanol–water partition coefficient (Wildman–Crippen LogP) is 3.45. The van der Waals surface area contributed by atoms with Gasteiger partial charge in [0.1, 0.15) is 0 Å². The molecule has 5 heteroatoms. The summed E-state index contributed by atoms with van der Waals surface area (Å²) in [6.07, 6.45) is 7.88. The van der Waals surface area contributed by atoms with Crippen LogP contribution < -0.4 is 5.32 Å². The maximum Gasteiger partial charge on any atom is 0.224 e. The standard InChI is InChI=1S/C22H26N4O/c1-16(17-5-3-2-4-6-17)26-11-8-19(9-12-26)25-22(27)13-18-14-24-21-15-23-10-7-20(18)21/h2-7,10,14-16,19,24H,8-9,11-13H2,1H3,(H,25,27). The highest BCUT2D eigenvalue weighted by molar-refractivity contribution is 5.88. The zero-order chi connectivity index (χ0) is 18.6. The molecule has 2 N–H and O–H groups in total. The van der Waals surface area contributed by atoms with Crippen LogP contribution in [-0.2, 0) is 11.2 Å². The van der Waals surface area contributed by atoms with Gasteiger partial charge in [0.15, 0.2) is 0 Å². The number of carbonyl (C=O) groups is 1. The minimum atomic E-state index is 0.0993. The first-order valence-corrected chi connectivity index (χ1v) is 9.69. The van der Waals surface area contributed by atoms with Crippen LogP contribution in [0.1, 0.15) is 36.9 Å². The lowest BCUT2D eigenvalue weighted by molar-refractivity contribution is -0.121. The second-order valence-corrected chi connectivity index (χ2v) is 7.38. The Balaban J connectivity index is 1.29. The number of nitrogens with zero attached hydrogens (tertiary/aromatic N) is 2. The van der Waals surface area contributed by atoms with Gasteiger partial charge < -0.3 is 10.3 Å². The highest BCUT2D eigenvalue weighted by Crippen LogP contribution is 2.24. The molecule has 0 bridgehead atoms. The number of H-pyrrole nitrogens is 1. The molecule has 1 fully saturated rings. The van der Waals surface area contributed by atoms with Crippen LogP contribution in [0.25, 0.3) is 10.9 Å². The number of amides is 1. The first-order valence-electron chi connectivity index (χ1n) is 9.69. The second kappa shape index (κ2) is 7.92. The van der Waals surface area contributed by atoms with Gasteiger partial charge in [0.25, 0.3) is 0 Å². The summed E-state index contributed by atoms with van der Waals surface area (Å²) >= 11 is 0. The van der Waals surface area contributed by atoms with Crippen molar-refractivity contribution in [2.24, 2.45) is 0 Å². The molecule has 27 heavy (non-hydrogen) atoms. The van der Waals surface area contributed by atoms with Crippen molar-refractivity contribution in [3.05, 3.63) is 66.1 Å². The quantitative estimate of drug-likeness (QED) is 0.731. The number of hydrogen-bond acceptors (Lipinski definition) is 3. The Hall–Kier alpha value is -2.66. The van der Waals surface area contributed by atoms with Gasteiger partial charge in [-0.1, -0.05) is 30.3 Å². The third-order valence-electron chi connectivity index (χ3n) is 5.64. The summed E-state index contributed by atoms with van der Waals surface area (Å²) in [5.41, 5.74) is 3.36. The summed E-state index contributed by atoms with van der Waals surface area (Å²) in [7, 11) is 0. The van der Waals surface area contributed by atoms with E-state index in [0.29, 0.717) is 12.5 Å². The number of pyridine rings is 1. The van der Waals surface area contributed by atoms with Crippen LogP contribution in [0.4, 0.5) is 0 Å². The van der Waals surface area contributed by atoms with E-state index in [2.05, 4.69) is 57.4 Å². The second-order valence-electron chi connectivity index (χ2n) is 7.38. The predicted molar refractivity (Wildman–Crippen MR) is 107 cm³/mol. The van der Waals surface area contributed by atoms with Crippen LogP contribution >= 0.6 is 0 Å². The maximum absolute atomic E-state index is 12.5. The number of aromatic amines is 1. The molecule has 1 aromatic carbocycles. The summed E-state index contributed by atoms with van der Waals surface area (Å²) in [5, 5.41) is 4.30. The molecule has 1 aliphatic heterocycles. The number of nitrogens with one attached hydrogen (secondary N) is 2. The van der Waals surface area contributed by atoms with E-state index in [1.807, 2.05) is 12.3 Å². The molecule has 2 aromatic heterocycles. The van der Waals surface area contributed by atoms with Crippen LogP contribution in [0.2, 0.25) is 0 Å². The first kappa shape index (κ1) is 17.7. The summed E-state index contributed by atoms with van der Waals surface area (Å²) in [6.45, 7) is 4.29. The van der Waals surface area contributed by atoms with Crippen molar-refractivity contribution in [2.75, 3.05) is 13.1 Å². The number of carbonyl (C=O) groups excluding carboxylic acids is 1. The van der Waals surface area contributed by atoms with Crippen molar-refractivity contribution in [1.82, 2.24) is 20.2 Å². The van der Waals surface area contributed by atoms with E-state index in [1.54, 1.807) is 12.4 Å². The van der Waals surface area contributed by atoms with Gasteiger partial charge in [0.2, 0.25) is 5.91 Å². The normalized spacial score (nSPS) is 17.1. The lowest BCUT2D eigenvalue weighted by Crippen LogP contribution is -2.45. The molecule has 1 amide bonds. The molecule has 1 aliphatic rings. The van der Waals surface area contributed by atoms with E-state index in [-0.39, 0.29) is 11.9 Å². The van der Waals surface area contributed by atoms with Gasteiger partial charge in [-0.3, -0.25) is 14.7 Å². The van der Waals surface area contributed by atoms with Crippen LogP contribution in [-0.4, -0.2) is 39.9 Å². The number of aromatic nitrogens is 2. The Kier molecular flexibility index (Phi) is 5.21. The Morgan fingerprint density at radius 1 is 1.26 bits per heavy atom. The van der Waals surface area contributed by atoms with Crippen molar-refractivity contribution in [3.63, 3.8) is 0 Å². The van der Waals surface area contributed by atoms with E-state index < -0.39 is 0 Å². The lowest BCUT2D eigenvalue weighted by Gasteiger charge is -2.36. The maximum atomic E-state index is 12.5. The number of benzene rings is 1. The molecule has 0 radical (unpaired) electrons. The topological polar surface area (TPSA) is 61.0 Å². The van der Waals surface area contributed by atoms with Gasteiger partial charge in [-0.2, -0.15) is 0 Å². The highest BCUT2D eigenvalue weighted by Gasteiger charge is 2.24. The highest BCUT2D eigenvalue weighted by atomic mass is 16.1. The summed E-state index contributed by atoms with van der Waals surface area (Å²) < 4.78 is 0. The van der Waals surface area contributed by atoms with Gasteiger partial charge in [-0.25, -0.2) is 0 Å². The molecular formula is C22H26N4O. The number of hydrogen-bond donors (Lipinski definition) is 2. The first-order chi connectivity index (χ1) is 13.2. The molecule has 3 aromatic rings. The molecule has 1 unspecified atom stereocenters. The monoisotopic (exact) mass is 362 g/mol. The molecule has 3 heterocycles. The third-order valence-corrected chi connectivity index (χ3v) is 5.64. The van der Waals surface area contributed by atoms with Gasteiger partial charge in [-0.15, -0.1) is 0 Å². The lowest BCUT2D eigenvalue weighted by atomic mass is 10.00. The molecule has 0 spiro atoms. The Bertz CT molecular complexity index is 897. The summed E-state index contributed by atoms with van der Waals surface area (Å²) in [4.78, 5) is 22.3. The smallest absolute Gasteiger partial charge is 0.224 e. The van der Waals surface area contributed by atoms with E-state index in [9.17, 15) is 4.79 Å². The summed E-state index contributed by atoms with van der Waals surface area (Å²) in [5.74, 6) is 0.0993. The fourth-order valence-electron chi connectivity index (χ4n) is 4.00. The largest absolute Gasteiger partial charge is 0.360 e. The summed E-state index contributed by atoms with van der Waals surface area (Å²) in [6, 6.07) is 13.3. The molecule has 140 valence electrons. The number of piperidine rings is 1. The average Bonchev–Trinajstić information content (AvgIpc) is 3.11. The van der Waals surface area contributed by atoms with Crippen molar-refractivity contribution in [1.29, 1.82) is 0 Å². The number of fused-ring (bicyclic) bond motifs is 1. The van der Waals surface area contributed by atoms with E-state index in [1.165, 1.54) is 5.56 Å². The average molecular weight is 362 g/mol. The van der Waals surface area contributed by atoms with Crippen LogP contribution in [0.15, 0.2) is 55.0 Å². The van der Waals surface area contributed by atoms with Crippen molar-refractivity contribution in [2.45, 2.75) is 38.3 Å². The zero-order valence-electron chi connectivity index (χ0n) is 15.7. The van der Waals surface area contributed by atoms with E-state index in [4.69, 9.17) is 0 Å². The van der Waals surface area contributed by atoms with Gasteiger partial charge in [0.05, 0.1) is 18.1 Å². The van der Waals surface area contributed by atoms with Gasteiger partial charge in [-0.05, 0) is 37.0 Å². The minimum Gasteiger partial charge on any atom is -0.360 e. The molecule has 1 atom stereocenters. The third kappa shape index (κ3) is 4.03. The zero-order valence-corrected chi connectivity index (χ0v) is 15.7. The molecule has 0 saturated carbocycles. The molecule has 4 rings (SSSR count). The Morgan fingerprint density at radius 2 is 2.04 bits per heavy atom. The molecule has 1 saturated heterocycles. The van der Waals surface area contributed by atoms with Gasteiger partial charge in [0, 0.05) is 43.0 Å². The van der Waals surface area contributed by atoms with Crippen molar-refractivity contribution in [3.8, 4) is 0 Å². The number of likely N-dealkylation sites (tertiary alicyclic amines) is 1. The SMILES string of the molecule is CC(c1ccccc1)N1CCC(NC(=O)Cc2c[nH]c3cnccc23)CC1. The number of rotatable bonds is 5. The van der Waals surface area contributed by atoms with E-state index >= 15 is 0 Å². The van der Waals surface area contributed by atoms with Crippen LogP contribution in [0.3, 0.4) is 0 Å². The van der Waals surface area contributed by atoms with Crippen LogP contribution in [0, 0.1) is 0 Å². The molecule has 0 aliphatic carbocycles. The molecule has 5 nitrogen and oxygen atoms in total. The Labute approximate surface area is 159 Å². The van der Waals surface area contributed by atoms with Crippen LogP contribution in [0.5, 0.6) is 0 Å². The molecular weight excluding hydrogens is 336 g/mol. The van der Waals surface area contributed by atoms with Crippen molar-refractivity contribution < 1.29 is 4.79 Å². The fourth-order valence-corrected chi connectivity index (χ4v) is 4.00. The minimum absolute atomic E-state index is 0.0993. The fraction of sp³-hybridized carbons (Fsp3) is 0.364. The van der Waals surface area contributed by atoms with Crippen molar-refractivity contribution >= 4 is 16.8 Å². The Morgan fingerprint density at radius 3 is 2.81 bits per heavy atom.